The number of carbonyl (C=O) groups is 2. The topological polar surface area (TPSA) is 130 Å². The summed E-state index contributed by atoms with van der Waals surface area (Å²) in [7, 11) is 0. The Hall–Kier alpha value is -3.28. The maximum absolute atomic E-state index is 14.1. The minimum Gasteiger partial charge on any atom is -0.360 e. The maximum Gasteiger partial charge on any atom is 0.240 e. The third kappa shape index (κ3) is 9.21. The van der Waals surface area contributed by atoms with Gasteiger partial charge in [0.1, 0.15) is 5.51 Å². The fraction of sp³-hybridized carbons (Fsp3) is 0.429. The molecule has 0 radical (unpaired) electrons. The molecule has 12 heteroatoms. The molecule has 1 aliphatic rings. The Morgan fingerprint density at radius 3 is 2.34 bits per heavy atom. The predicted octanol–water partition coefficient (Wildman–Crippen LogP) is 5.78. The van der Waals surface area contributed by atoms with Crippen molar-refractivity contribution in [2.75, 3.05) is 25.0 Å². The number of hydrogen-bond acceptors (Lipinski definition) is 8. The molecule has 0 saturated carbocycles. The molecule has 1 unspecified atom stereocenters. The summed E-state index contributed by atoms with van der Waals surface area (Å²) in [6, 6.07) is 17.7. The van der Waals surface area contributed by atoms with Crippen LogP contribution < -0.4 is 16.8 Å². The number of halogens is 2. The summed E-state index contributed by atoms with van der Waals surface area (Å²) in [6.07, 6.45) is 2.88. The molecular formula is C35H43Cl2N7O2S. The van der Waals surface area contributed by atoms with E-state index in [9.17, 15) is 9.59 Å². The van der Waals surface area contributed by atoms with E-state index < -0.39 is 12.1 Å². The smallest absolute Gasteiger partial charge is 0.240 e. The Morgan fingerprint density at radius 2 is 1.64 bits per heavy atom. The molecule has 1 aliphatic heterocycles. The number of piperazine rings is 1. The lowest BCUT2D eigenvalue weighted by Gasteiger charge is -2.48. The van der Waals surface area contributed by atoms with Gasteiger partial charge in [0, 0.05) is 41.8 Å². The number of anilines is 1. The van der Waals surface area contributed by atoms with Crippen LogP contribution in [-0.4, -0.2) is 75.6 Å². The molecule has 5 N–H and O–H groups in total. The van der Waals surface area contributed by atoms with Crippen LogP contribution in [0.1, 0.15) is 44.2 Å². The van der Waals surface area contributed by atoms with Gasteiger partial charge >= 0.3 is 0 Å². The fourth-order valence-corrected chi connectivity index (χ4v) is 7.37. The Balaban J connectivity index is 1.34. The van der Waals surface area contributed by atoms with Gasteiger partial charge in [0.15, 0.2) is 0 Å². The molecule has 1 aromatic heterocycles. The molecule has 47 heavy (non-hydrogen) atoms. The predicted molar refractivity (Wildman–Crippen MR) is 192 cm³/mol. The molecule has 250 valence electrons. The molecule has 2 amide bonds. The van der Waals surface area contributed by atoms with E-state index in [0.29, 0.717) is 48.4 Å². The number of amides is 2. The van der Waals surface area contributed by atoms with Crippen molar-refractivity contribution in [1.29, 1.82) is 0 Å². The van der Waals surface area contributed by atoms with Gasteiger partial charge in [-0.2, -0.15) is 0 Å². The molecule has 0 spiro atoms. The van der Waals surface area contributed by atoms with Crippen LogP contribution in [0.5, 0.6) is 0 Å². The standard InChI is InChI=1S/C35H43Cl2N7O2S/c1-22(2)14-29-20-43(34(46)32(39)17-26-11-12-27(36)18-30(26)37)28(8-5-13-40-35-42-41-21-47-35)19-44(29)33(45)31(38)16-23-9-10-24-6-3-4-7-25(24)15-23/h3-4,6-7,9-12,15,18,21-22,28-29,31-32H,5,8,13-14,16-17,19-20,38-39H2,1-2H3,(H,40,42)/t28?,29-,31+,32-/m1/s1. The van der Waals surface area contributed by atoms with E-state index in [1.165, 1.54) is 11.3 Å². The number of benzene rings is 3. The Morgan fingerprint density at radius 1 is 0.936 bits per heavy atom. The first-order chi connectivity index (χ1) is 22.6. The summed E-state index contributed by atoms with van der Waals surface area (Å²) < 4.78 is 0. The van der Waals surface area contributed by atoms with Gasteiger partial charge < -0.3 is 26.6 Å². The number of nitrogens with zero attached hydrogens (tertiary/aromatic N) is 4. The largest absolute Gasteiger partial charge is 0.360 e. The first kappa shape index (κ1) is 35.0. The molecular weight excluding hydrogens is 653 g/mol. The van der Waals surface area contributed by atoms with Crippen molar-refractivity contribution >= 4 is 62.3 Å². The number of rotatable bonds is 13. The van der Waals surface area contributed by atoms with Crippen LogP contribution in [0.15, 0.2) is 66.2 Å². The third-order valence-electron chi connectivity index (χ3n) is 8.72. The molecule has 0 bridgehead atoms. The van der Waals surface area contributed by atoms with Gasteiger partial charge in [-0.15, -0.1) is 10.2 Å². The minimum absolute atomic E-state index is 0.0925. The quantitative estimate of drug-likeness (QED) is 0.151. The molecule has 3 aromatic carbocycles. The van der Waals surface area contributed by atoms with E-state index in [4.69, 9.17) is 34.7 Å². The highest BCUT2D eigenvalue weighted by atomic mass is 35.5. The highest BCUT2D eigenvalue weighted by Gasteiger charge is 2.41. The van der Waals surface area contributed by atoms with Crippen molar-refractivity contribution < 1.29 is 9.59 Å². The number of nitrogens with one attached hydrogen (secondary N) is 1. The molecule has 4 atom stereocenters. The SMILES string of the molecule is CC(C)C[C@@H]1CN(C(=O)[C@H](N)Cc2ccc(Cl)cc2Cl)C(CCCNc2nncs2)CN1C(=O)[C@@H](N)Cc1ccc2ccccc2c1. The molecule has 9 nitrogen and oxygen atoms in total. The summed E-state index contributed by atoms with van der Waals surface area (Å²) in [5.41, 5.74) is 16.7. The maximum atomic E-state index is 14.1. The zero-order valence-corrected chi connectivity index (χ0v) is 29.1. The third-order valence-corrected chi connectivity index (χ3v) is 9.95. The number of fused-ring (bicyclic) bond motifs is 1. The fourth-order valence-electron chi connectivity index (χ4n) is 6.41. The van der Waals surface area contributed by atoms with E-state index in [2.05, 4.69) is 53.6 Å². The Kier molecular flexibility index (Phi) is 12.1. The number of aromatic nitrogens is 2. The highest BCUT2D eigenvalue weighted by Crippen LogP contribution is 2.27. The average Bonchev–Trinajstić information content (AvgIpc) is 3.57. The van der Waals surface area contributed by atoms with Gasteiger partial charge in [0.25, 0.3) is 0 Å². The number of hydrogen-bond donors (Lipinski definition) is 3. The highest BCUT2D eigenvalue weighted by molar-refractivity contribution is 7.13. The first-order valence-corrected chi connectivity index (χ1v) is 17.8. The van der Waals surface area contributed by atoms with Gasteiger partial charge in [-0.1, -0.05) is 96.9 Å². The first-order valence-electron chi connectivity index (χ1n) is 16.1. The Labute approximate surface area is 290 Å². The van der Waals surface area contributed by atoms with Crippen LogP contribution in [0.25, 0.3) is 10.8 Å². The van der Waals surface area contributed by atoms with Crippen LogP contribution >= 0.6 is 34.5 Å². The summed E-state index contributed by atoms with van der Waals surface area (Å²) in [4.78, 5) is 32.0. The van der Waals surface area contributed by atoms with Crippen molar-refractivity contribution in [3.63, 3.8) is 0 Å². The summed E-state index contributed by atoms with van der Waals surface area (Å²) in [6.45, 7) is 5.69. The van der Waals surface area contributed by atoms with Gasteiger partial charge in [-0.25, -0.2) is 0 Å². The minimum atomic E-state index is -0.798. The van der Waals surface area contributed by atoms with Gasteiger partial charge in [-0.3, -0.25) is 9.59 Å². The number of nitrogens with two attached hydrogens (primary N) is 2. The normalized spacial score (nSPS) is 18.0. The van der Waals surface area contributed by atoms with Crippen molar-refractivity contribution in [3.8, 4) is 0 Å². The molecule has 5 rings (SSSR count). The average molecular weight is 697 g/mol. The Bertz CT molecular complexity index is 1650. The molecule has 1 fully saturated rings. The van der Waals surface area contributed by atoms with E-state index >= 15 is 0 Å². The lowest BCUT2D eigenvalue weighted by atomic mass is 9.93. The van der Waals surface area contributed by atoms with Crippen molar-refractivity contribution in [1.82, 2.24) is 20.0 Å². The lowest BCUT2D eigenvalue weighted by molar-refractivity contribution is -0.149. The van der Waals surface area contributed by atoms with Crippen LogP contribution in [0.4, 0.5) is 5.13 Å². The van der Waals surface area contributed by atoms with Crippen molar-refractivity contribution in [2.24, 2.45) is 17.4 Å². The second kappa shape index (κ2) is 16.2. The zero-order chi connectivity index (χ0) is 33.5. The second-order valence-electron chi connectivity index (χ2n) is 12.8. The van der Waals surface area contributed by atoms with E-state index in [-0.39, 0.29) is 30.3 Å². The van der Waals surface area contributed by atoms with E-state index in [1.807, 2.05) is 34.1 Å². The monoisotopic (exact) mass is 695 g/mol. The van der Waals surface area contributed by atoms with Crippen LogP contribution in [0, 0.1) is 5.92 Å². The van der Waals surface area contributed by atoms with Crippen LogP contribution in [-0.2, 0) is 22.4 Å². The molecule has 1 saturated heterocycles. The van der Waals surface area contributed by atoms with Gasteiger partial charge in [0.05, 0.1) is 12.1 Å². The van der Waals surface area contributed by atoms with Crippen molar-refractivity contribution in [2.45, 2.75) is 70.1 Å². The van der Waals surface area contributed by atoms with E-state index in [0.717, 1.165) is 39.9 Å². The number of carbonyl (C=O) groups excluding carboxylic acids is 2. The second-order valence-corrected chi connectivity index (χ2v) is 14.4. The summed E-state index contributed by atoms with van der Waals surface area (Å²) in [5.74, 6) is 0.0581. The van der Waals surface area contributed by atoms with Gasteiger partial charge in [0.2, 0.25) is 16.9 Å². The lowest BCUT2D eigenvalue weighted by Crippen LogP contribution is -2.65. The summed E-state index contributed by atoms with van der Waals surface area (Å²) >= 11 is 14.0. The van der Waals surface area contributed by atoms with Crippen LogP contribution in [0.2, 0.25) is 10.0 Å². The molecule has 0 aliphatic carbocycles. The molecule has 2 heterocycles. The molecule has 4 aromatic rings. The van der Waals surface area contributed by atoms with E-state index in [1.54, 1.807) is 17.6 Å². The zero-order valence-electron chi connectivity index (χ0n) is 26.8. The summed E-state index contributed by atoms with van der Waals surface area (Å²) in [5, 5.41) is 15.2. The van der Waals surface area contributed by atoms with Gasteiger partial charge in [-0.05, 0) is 72.1 Å². The van der Waals surface area contributed by atoms with Crippen LogP contribution in [0.3, 0.4) is 0 Å². The van der Waals surface area contributed by atoms with Crippen molar-refractivity contribution in [3.05, 3.63) is 87.3 Å².